The fourth-order valence-electron chi connectivity index (χ4n) is 2.21. The molecular formula is C17H19ClO2. The highest BCUT2D eigenvalue weighted by atomic mass is 35.5. The van der Waals surface area contributed by atoms with Gasteiger partial charge in [-0.15, -0.1) is 11.6 Å². The third-order valence-electron chi connectivity index (χ3n) is 3.21. The minimum atomic E-state index is 0.0653. The van der Waals surface area contributed by atoms with Gasteiger partial charge in [-0.2, -0.15) is 0 Å². The van der Waals surface area contributed by atoms with Crippen molar-refractivity contribution in [3.8, 4) is 11.5 Å². The third-order valence-corrected chi connectivity index (χ3v) is 3.51. The topological polar surface area (TPSA) is 18.5 Å². The van der Waals surface area contributed by atoms with Gasteiger partial charge in [0.05, 0.1) is 14.2 Å². The molecule has 0 aliphatic heterocycles. The molecule has 20 heavy (non-hydrogen) atoms. The quantitative estimate of drug-likeness (QED) is 0.746. The Labute approximate surface area is 125 Å². The highest BCUT2D eigenvalue weighted by Crippen LogP contribution is 2.28. The van der Waals surface area contributed by atoms with E-state index in [4.69, 9.17) is 21.1 Å². The maximum Gasteiger partial charge on any atom is 0.160 e. The molecule has 1 unspecified atom stereocenters. The number of alkyl halides is 1. The van der Waals surface area contributed by atoms with Crippen LogP contribution in [0.1, 0.15) is 11.1 Å². The van der Waals surface area contributed by atoms with Gasteiger partial charge in [0, 0.05) is 5.38 Å². The predicted molar refractivity (Wildman–Crippen MR) is 83.0 cm³/mol. The normalized spacial score (nSPS) is 11.9. The van der Waals surface area contributed by atoms with Gasteiger partial charge in [0.25, 0.3) is 0 Å². The molecule has 0 aromatic heterocycles. The summed E-state index contributed by atoms with van der Waals surface area (Å²) in [4.78, 5) is 0. The molecule has 106 valence electrons. The zero-order valence-corrected chi connectivity index (χ0v) is 12.6. The first-order valence-corrected chi connectivity index (χ1v) is 7.05. The van der Waals surface area contributed by atoms with E-state index in [2.05, 4.69) is 12.1 Å². The first-order chi connectivity index (χ1) is 9.72. The van der Waals surface area contributed by atoms with Crippen LogP contribution in [0.4, 0.5) is 0 Å². The Balaban J connectivity index is 2.02. The largest absolute Gasteiger partial charge is 0.493 e. The molecule has 2 rings (SSSR count). The lowest BCUT2D eigenvalue weighted by Crippen LogP contribution is -2.07. The van der Waals surface area contributed by atoms with Gasteiger partial charge in [-0.1, -0.05) is 36.4 Å². The summed E-state index contributed by atoms with van der Waals surface area (Å²) in [6, 6.07) is 16.2. The van der Waals surface area contributed by atoms with Crippen molar-refractivity contribution in [2.45, 2.75) is 18.2 Å². The first-order valence-electron chi connectivity index (χ1n) is 6.62. The Bertz CT molecular complexity index is 540. The van der Waals surface area contributed by atoms with Crippen molar-refractivity contribution in [1.82, 2.24) is 0 Å². The highest BCUT2D eigenvalue weighted by Gasteiger charge is 2.10. The number of rotatable bonds is 6. The van der Waals surface area contributed by atoms with Crippen LogP contribution in [-0.2, 0) is 12.8 Å². The summed E-state index contributed by atoms with van der Waals surface area (Å²) < 4.78 is 10.5. The van der Waals surface area contributed by atoms with Gasteiger partial charge in [0.15, 0.2) is 11.5 Å². The molecule has 0 radical (unpaired) electrons. The van der Waals surface area contributed by atoms with Crippen molar-refractivity contribution in [3.05, 3.63) is 59.7 Å². The molecule has 2 nitrogen and oxygen atoms in total. The Kier molecular flexibility index (Phi) is 5.31. The summed E-state index contributed by atoms with van der Waals surface area (Å²) in [6.07, 6.45) is 1.66. The van der Waals surface area contributed by atoms with E-state index in [9.17, 15) is 0 Å². The summed E-state index contributed by atoms with van der Waals surface area (Å²) in [5.41, 5.74) is 2.41. The fourth-order valence-corrected chi connectivity index (χ4v) is 2.56. The van der Waals surface area contributed by atoms with Crippen LogP contribution in [0.25, 0.3) is 0 Å². The lowest BCUT2D eigenvalue weighted by Gasteiger charge is -2.12. The monoisotopic (exact) mass is 290 g/mol. The van der Waals surface area contributed by atoms with Crippen LogP contribution in [0.15, 0.2) is 48.5 Å². The minimum Gasteiger partial charge on any atom is -0.493 e. The van der Waals surface area contributed by atoms with Crippen LogP contribution in [-0.4, -0.2) is 19.6 Å². The summed E-state index contributed by atoms with van der Waals surface area (Å²) in [5, 5.41) is 0.0653. The molecule has 0 aliphatic carbocycles. The third kappa shape index (κ3) is 3.91. The number of methoxy groups -OCH3 is 2. The zero-order valence-electron chi connectivity index (χ0n) is 11.8. The molecule has 0 saturated carbocycles. The Hall–Kier alpha value is -1.67. The molecule has 0 fully saturated rings. The van der Waals surface area contributed by atoms with E-state index in [1.165, 1.54) is 5.56 Å². The smallest absolute Gasteiger partial charge is 0.160 e. The Morgan fingerprint density at radius 3 is 2.15 bits per heavy atom. The molecular weight excluding hydrogens is 272 g/mol. The van der Waals surface area contributed by atoms with Crippen molar-refractivity contribution in [1.29, 1.82) is 0 Å². The van der Waals surface area contributed by atoms with Crippen molar-refractivity contribution < 1.29 is 9.47 Å². The van der Waals surface area contributed by atoms with E-state index in [1.54, 1.807) is 14.2 Å². The maximum atomic E-state index is 6.45. The van der Waals surface area contributed by atoms with Crippen molar-refractivity contribution in [2.24, 2.45) is 0 Å². The number of benzene rings is 2. The summed E-state index contributed by atoms with van der Waals surface area (Å²) in [5.74, 6) is 1.49. The molecule has 0 saturated heterocycles. The van der Waals surface area contributed by atoms with Crippen LogP contribution < -0.4 is 9.47 Å². The zero-order chi connectivity index (χ0) is 14.4. The second kappa shape index (κ2) is 7.20. The molecule has 2 aromatic rings. The van der Waals surface area contributed by atoms with Gasteiger partial charge >= 0.3 is 0 Å². The van der Waals surface area contributed by atoms with Crippen LogP contribution >= 0.6 is 11.6 Å². The van der Waals surface area contributed by atoms with Gasteiger partial charge in [-0.25, -0.2) is 0 Å². The van der Waals surface area contributed by atoms with Crippen molar-refractivity contribution in [3.63, 3.8) is 0 Å². The van der Waals surface area contributed by atoms with Gasteiger partial charge in [0.1, 0.15) is 0 Å². The number of halogens is 1. The highest BCUT2D eigenvalue weighted by molar-refractivity contribution is 6.20. The molecule has 3 heteroatoms. The molecule has 0 N–H and O–H groups in total. The van der Waals surface area contributed by atoms with Crippen LogP contribution in [0.5, 0.6) is 11.5 Å². The molecule has 0 bridgehead atoms. The molecule has 0 spiro atoms. The Morgan fingerprint density at radius 1 is 0.850 bits per heavy atom. The van der Waals surface area contributed by atoms with E-state index in [1.807, 2.05) is 36.4 Å². The molecule has 2 aromatic carbocycles. The second-order valence-corrected chi connectivity index (χ2v) is 5.30. The summed E-state index contributed by atoms with van der Waals surface area (Å²) in [6.45, 7) is 0. The average Bonchev–Trinajstić information content (AvgIpc) is 2.48. The Morgan fingerprint density at radius 2 is 1.50 bits per heavy atom. The van der Waals surface area contributed by atoms with E-state index in [-0.39, 0.29) is 5.38 Å². The fraction of sp³-hybridized carbons (Fsp3) is 0.294. The standard InChI is InChI=1S/C17H19ClO2/c1-19-16-9-8-14(12-17(16)20-2)11-15(18)10-13-6-4-3-5-7-13/h3-9,12,15H,10-11H2,1-2H3. The second-order valence-electron chi connectivity index (χ2n) is 4.68. The van der Waals surface area contributed by atoms with E-state index in [0.717, 1.165) is 29.9 Å². The number of hydrogen-bond acceptors (Lipinski definition) is 2. The van der Waals surface area contributed by atoms with E-state index < -0.39 is 0 Å². The van der Waals surface area contributed by atoms with Gasteiger partial charge in [-0.3, -0.25) is 0 Å². The number of hydrogen-bond donors (Lipinski definition) is 0. The molecule has 0 aliphatic rings. The van der Waals surface area contributed by atoms with Crippen LogP contribution in [0, 0.1) is 0 Å². The lowest BCUT2D eigenvalue weighted by molar-refractivity contribution is 0.354. The molecule has 1 atom stereocenters. The van der Waals surface area contributed by atoms with E-state index in [0.29, 0.717) is 0 Å². The minimum absolute atomic E-state index is 0.0653. The van der Waals surface area contributed by atoms with Crippen LogP contribution in [0.2, 0.25) is 0 Å². The average molecular weight is 291 g/mol. The van der Waals surface area contributed by atoms with Gasteiger partial charge in [0.2, 0.25) is 0 Å². The van der Waals surface area contributed by atoms with Crippen molar-refractivity contribution in [2.75, 3.05) is 14.2 Å². The van der Waals surface area contributed by atoms with Crippen molar-refractivity contribution >= 4 is 11.6 Å². The SMILES string of the molecule is COc1ccc(CC(Cl)Cc2ccccc2)cc1OC. The summed E-state index contributed by atoms with van der Waals surface area (Å²) in [7, 11) is 3.28. The van der Waals surface area contributed by atoms with Gasteiger partial charge in [-0.05, 0) is 36.1 Å². The predicted octanol–water partition coefficient (Wildman–Crippen LogP) is 4.10. The molecule has 0 heterocycles. The number of ether oxygens (including phenoxy) is 2. The maximum absolute atomic E-state index is 6.45. The lowest BCUT2D eigenvalue weighted by atomic mass is 10.0. The molecule has 0 amide bonds. The van der Waals surface area contributed by atoms with Gasteiger partial charge < -0.3 is 9.47 Å². The van der Waals surface area contributed by atoms with Crippen LogP contribution in [0.3, 0.4) is 0 Å². The first kappa shape index (κ1) is 14.7. The van der Waals surface area contributed by atoms with E-state index >= 15 is 0 Å². The summed E-state index contributed by atoms with van der Waals surface area (Å²) >= 11 is 6.45.